The zero-order valence-corrected chi connectivity index (χ0v) is 10.9. The molecule has 3 heteroatoms. The highest BCUT2D eigenvalue weighted by Crippen LogP contribution is 2.31. The fourth-order valence-electron chi connectivity index (χ4n) is 1.96. The summed E-state index contributed by atoms with van der Waals surface area (Å²) >= 11 is 6.04. The van der Waals surface area contributed by atoms with Gasteiger partial charge < -0.3 is 5.73 Å². The van der Waals surface area contributed by atoms with Gasteiger partial charge in [0, 0.05) is 5.02 Å². The van der Waals surface area contributed by atoms with Gasteiger partial charge in [-0.15, -0.1) is 0 Å². The van der Waals surface area contributed by atoms with Crippen molar-refractivity contribution in [2.75, 3.05) is 6.54 Å². The van der Waals surface area contributed by atoms with E-state index in [9.17, 15) is 4.39 Å². The Balaban J connectivity index is 2.54. The predicted molar refractivity (Wildman–Crippen MR) is 74.3 cm³/mol. The molecule has 1 unspecified atom stereocenters. The highest BCUT2D eigenvalue weighted by molar-refractivity contribution is 6.30. The zero-order chi connectivity index (χ0) is 13.1. The fraction of sp³-hybridized carbons (Fsp3) is 0.200. The number of hydrogen-bond donors (Lipinski definition) is 1. The van der Waals surface area contributed by atoms with Crippen molar-refractivity contribution in [1.82, 2.24) is 0 Å². The zero-order valence-electron chi connectivity index (χ0n) is 10.2. The van der Waals surface area contributed by atoms with Gasteiger partial charge in [0.15, 0.2) is 0 Å². The van der Waals surface area contributed by atoms with Gasteiger partial charge in [-0.2, -0.15) is 0 Å². The molecular weight excluding hydrogens is 249 g/mol. The molecule has 2 rings (SSSR count). The first-order chi connectivity index (χ1) is 8.61. The number of nitrogens with two attached hydrogens (primary N) is 1. The Morgan fingerprint density at radius 3 is 2.44 bits per heavy atom. The molecule has 0 radical (unpaired) electrons. The van der Waals surface area contributed by atoms with Crippen molar-refractivity contribution in [3.8, 4) is 11.1 Å². The second kappa shape index (κ2) is 5.51. The summed E-state index contributed by atoms with van der Waals surface area (Å²) in [6, 6.07) is 12.2. The Labute approximate surface area is 111 Å². The first-order valence-electron chi connectivity index (χ1n) is 5.87. The molecule has 0 aliphatic rings. The highest BCUT2D eigenvalue weighted by atomic mass is 35.5. The maximum atomic E-state index is 13.0. The summed E-state index contributed by atoms with van der Waals surface area (Å²) in [6.45, 7) is 2.63. The van der Waals surface area contributed by atoms with Crippen molar-refractivity contribution in [2.24, 2.45) is 5.73 Å². The molecule has 2 aromatic carbocycles. The van der Waals surface area contributed by atoms with Crippen molar-refractivity contribution in [3.63, 3.8) is 0 Å². The van der Waals surface area contributed by atoms with E-state index in [2.05, 4.69) is 6.92 Å². The van der Waals surface area contributed by atoms with Crippen LogP contribution in [0, 0.1) is 5.82 Å². The first kappa shape index (κ1) is 13.1. The third-order valence-electron chi connectivity index (χ3n) is 3.06. The molecule has 0 aliphatic heterocycles. The lowest BCUT2D eigenvalue weighted by atomic mass is 9.91. The molecule has 0 saturated heterocycles. The van der Waals surface area contributed by atoms with Crippen LogP contribution in [0.15, 0.2) is 42.5 Å². The second-order valence-corrected chi connectivity index (χ2v) is 4.81. The predicted octanol–water partition coefficient (Wildman–Crippen LogP) is 4.21. The van der Waals surface area contributed by atoms with Gasteiger partial charge in [0.05, 0.1) is 0 Å². The molecule has 0 spiro atoms. The molecule has 0 aliphatic carbocycles. The summed E-state index contributed by atoms with van der Waals surface area (Å²) in [4.78, 5) is 0. The average Bonchev–Trinajstić information content (AvgIpc) is 2.38. The lowest BCUT2D eigenvalue weighted by Gasteiger charge is -2.15. The maximum absolute atomic E-state index is 13.0. The topological polar surface area (TPSA) is 26.0 Å². The molecule has 1 nitrogen and oxygen atoms in total. The number of halogens is 2. The molecule has 2 N–H and O–H groups in total. The average molecular weight is 264 g/mol. The first-order valence-corrected chi connectivity index (χ1v) is 6.25. The largest absolute Gasteiger partial charge is 0.330 e. The molecule has 1 atom stereocenters. The molecule has 0 aromatic heterocycles. The van der Waals surface area contributed by atoms with Crippen LogP contribution in [0.4, 0.5) is 4.39 Å². The molecule has 94 valence electrons. The van der Waals surface area contributed by atoms with Gasteiger partial charge in [0.25, 0.3) is 0 Å². The minimum Gasteiger partial charge on any atom is -0.330 e. The van der Waals surface area contributed by atoms with E-state index in [1.54, 1.807) is 12.1 Å². The van der Waals surface area contributed by atoms with Crippen LogP contribution >= 0.6 is 11.6 Å². The Kier molecular flexibility index (Phi) is 4.00. The SMILES string of the molecule is CC(CN)c1ccc(Cl)cc1-c1ccc(F)cc1. The van der Waals surface area contributed by atoms with Crippen molar-refractivity contribution in [1.29, 1.82) is 0 Å². The van der Waals surface area contributed by atoms with E-state index in [-0.39, 0.29) is 11.7 Å². The van der Waals surface area contributed by atoms with Gasteiger partial charge in [-0.3, -0.25) is 0 Å². The minimum atomic E-state index is -0.241. The number of hydrogen-bond acceptors (Lipinski definition) is 1. The van der Waals surface area contributed by atoms with Crippen LogP contribution in [0.2, 0.25) is 5.02 Å². The molecule has 2 aromatic rings. The quantitative estimate of drug-likeness (QED) is 0.882. The molecule has 18 heavy (non-hydrogen) atoms. The Bertz CT molecular complexity index is 537. The second-order valence-electron chi connectivity index (χ2n) is 4.38. The molecular formula is C15H15ClFN. The van der Waals surface area contributed by atoms with Crippen molar-refractivity contribution >= 4 is 11.6 Å². The van der Waals surface area contributed by atoms with Crippen LogP contribution in [-0.4, -0.2) is 6.54 Å². The van der Waals surface area contributed by atoms with E-state index < -0.39 is 0 Å². The van der Waals surface area contributed by atoms with Crippen LogP contribution in [-0.2, 0) is 0 Å². The van der Waals surface area contributed by atoms with E-state index in [1.807, 2.05) is 18.2 Å². The van der Waals surface area contributed by atoms with Crippen LogP contribution in [0.3, 0.4) is 0 Å². The normalized spacial score (nSPS) is 12.4. The lowest BCUT2D eigenvalue weighted by Crippen LogP contribution is -2.09. The lowest BCUT2D eigenvalue weighted by molar-refractivity contribution is 0.628. The summed E-state index contributed by atoms with van der Waals surface area (Å²) in [5, 5.41) is 0.669. The van der Waals surface area contributed by atoms with Crippen LogP contribution in [0.1, 0.15) is 18.4 Å². The van der Waals surface area contributed by atoms with Crippen molar-refractivity contribution < 1.29 is 4.39 Å². The monoisotopic (exact) mass is 263 g/mol. The Morgan fingerprint density at radius 2 is 1.83 bits per heavy atom. The van der Waals surface area contributed by atoms with Crippen LogP contribution < -0.4 is 5.73 Å². The Morgan fingerprint density at radius 1 is 1.17 bits per heavy atom. The molecule has 0 bridgehead atoms. The molecule has 0 heterocycles. The van der Waals surface area contributed by atoms with Crippen molar-refractivity contribution in [3.05, 3.63) is 58.9 Å². The van der Waals surface area contributed by atoms with E-state index in [0.29, 0.717) is 11.6 Å². The van der Waals surface area contributed by atoms with E-state index in [0.717, 1.165) is 16.7 Å². The van der Waals surface area contributed by atoms with Gasteiger partial charge in [-0.1, -0.05) is 36.7 Å². The van der Waals surface area contributed by atoms with Crippen molar-refractivity contribution in [2.45, 2.75) is 12.8 Å². The van der Waals surface area contributed by atoms with E-state index in [1.165, 1.54) is 12.1 Å². The summed E-state index contributed by atoms with van der Waals surface area (Å²) < 4.78 is 13.0. The molecule has 0 fully saturated rings. The highest BCUT2D eigenvalue weighted by Gasteiger charge is 2.11. The number of rotatable bonds is 3. The third-order valence-corrected chi connectivity index (χ3v) is 3.29. The summed E-state index contributed by atoms with van der Waals surface area (Å²) in [7, 11) is 0. The van der Waals surface area contributed by atoms with Crippen LogP contribution in [0.25, 0.3) is 11.1 Å². The van der Waals surface area contributed by atoms with Gasteiger partial charge in [-0.05, 0) is 53.4 Å². The number of benzene rings is 2. The summed E-state index contributed by atoms with van der Waals surface area (Å²) in [5.41, 5.74) is 8.82. The van der Waals surface area contributed by atoms with Gasteiger partial charge in [0.1, 0.15) is 5.82 Å². The fourth-order valence-corrected chi connectivity index (χ4v) is 2.14. The van der Waals surface area contributed by atoms with Crippen LogP contribution in [0.5, 0.6) is 0 Å². The smallest absolute Gasteiger partial charge is 0.123 e. The van der Waals surface area contributed by atoms with E-state index in [4.69, 9.17) is 17.3 Å². The summed E-state index contributed by atoms with van der Waals surface area (Å²) in [6.07, 6.45) is 0. The summed E-state index contributed by atoms with van der Waals surface area (Å²) in [5.74, 6) is -0.00322. The van der Waals surface area contributed by atoms with Gasteiger partial charge in [-0.25, -0.2) is 4.39 Å². The maximum Gasteiger partial charge on any atom is 0.123 e. The van der Waals surface area contributed by atoms with Gasteiger partial charge in [0.2, 0.25) is 0 Å². The van der Waals surface area contributed by atoms with E-state index >= 15 is 0 Å². The third kappa shape index (κ3) is 2.71. The molecule has 0 amide bonds. The Hall–Kier alpha value is -1.38. The minimum absolute atomic E-state index is 0.238. The molecule has 0 saturated carbocycles. The standard InChI is InChI=1S/C15H15ClFN/c1-10(9-18)14-7-4-12(16)8-15(14)11-2-5-13(17)6-3-11/h2-8,10H,9,18H2,1H3. The van der Waals surface area contributed by atoms with Gasteiger partial charge >= 0.3 is 0 Å².